The number of nitrogens with zero attached hydrogens (tertiary/aromatic N) is 3. The van der Waals surface area contributed by atoms with Gasteiger partial charge >= 0.3 is 16.2 Å². The van der Waals surface area contributed by atoms with Crippen LogP contribution in [0.15, 0.2) is 18.2 Å². The second kappa shape index (κ2) is 5.34. The molecule has 1 aromatic heterocycles. The number of aromatic nitrogens is 2. The Labute approximate surface area is 122 Å². The predicted octanol–water partition coefficient (Wildman–Crippen LogP) is 0.450. The molecule has 0 fully saturated rings. The quantitative estimate of drug-likeness (QED) is 0.821. The monoisotopic (exact) mass is 312 g/mol. The van der Waals surface area contributed by atoms with Crippen LogP contribution in [-0.4, -0.2) is 48.4 Å². The largest absolute Gasteiger partial charge is 0.462 e. The van der Waals surface area contributed by atoms with E-state index in [-0.39, 0.29) is 18.1 Å². The lowest BCUT2D eigenvalue weighted by Crippen LogP contribution is -2.29. The highest BCUT2D eigenvalue weighted by Crippen LogP contribution is 2.22. The van der Waals surface area contributed by atoms with E-state index in [0.29, 0.717) is 11.0 Å². The second-order valence-electron chi connectivity index (χ2n) is 4.45. The number of ether oxygens (including phenoxy) is 1. The summed E-state index contributed by atoms with van der Waals surface area (Å²) in [5, 5.41) is 0. The highest BCUT2D eigenvalue weighted by atomic mass is 32.2. The normalized spacial score (nSPS) is 12.0. The molecule has 21 heavy (non-hydrogen) atoms. The SMILES string of the molecule is CCOC(=O)c1ccc2c(c1)nc(N)n2S(=O)(=O)N(C)C. The van der Waals surface area contributed by atoms with Crippen molar-refractivity contribution in [2.45, 2.75) is 6.92 Å². The third kappa shape index (κ3) is 2.57. The molecule has 9 heteroatoms. The van der Waals surface area contributed by atoms with Gasteiger partial charge in [0.25, 0.3) is 0 Å². The maximum absolute atomic E-state index is 12.2. The number of esters is 1. The van der Waals surface area contributed by atoms with Crippen molar-refractivity contribution in [1.82, 2.24) is 13.3 Å². The maximum atomic E-state index is 12.2. The topological polar surface area (TPSA) is 108 Å². The summed E-state index contributed by atoms with van der Waals surface area (Å²) in [4.78, 5) is 15.7. The zero-order chi connectivity index (χ0) is 15.8. The van der Waals surface area contributed by atoms with Crippen LogP contribution in [0.25, 0.3) is 11.0 Å². The fourth-order valence-electron chi connectivity index (χ4n) is 1.82. The minimum Gasteiger partial charge on any atom is -0.462 e. The molecule has 2 rings (SSSR count). The van der Waals surface area contributed by atoms with Crippen LogP contribution >= 0.6 is 0 Å². The molecule has 0 radical (unpaired) electrons. The Morgan fingerprint density at radius 3 is 2.67 bits per heavy atom. The fourth-order valence-corrected chi connectivity index (χ4v) is 2.83. The minimum atomic E-state index is -3.79. The maximum Gasteiger partial charge on any atom is 0.338 e. The van der Waals surface area contributed by atoms with Gasteiger partial charge in [0.15, 0.2) is 0 Å². The summed E-state index contributed by atoms with van der Waals surface area (Å²) in [6, 6.07) is 4.40. The van der Waals surface area contributed by atoms with Gasteiger partial charge in [-0.2, -0.15) is 16.7 Å². The van der Waals surface area contributed by atoms with Gasteiger partial charge in [0.2, 0.25) is 5.95 Å². The zero-order valence-electron chi connectivity index (χ0n) is 11.9. The van der Waals surface area contributed by atoms with Gasteiger partial charge in [-0.25, -0.2) is 9.78 Å². The molecule has 0 saturated carbocycles. The number of hydrogen-bond donors (Lipinski definition) is 1. The molecule has 1 aromatic carbocycles. The van der Waals surface area contributed by atoms with E-state index >= 15 is 0 Å². The number of rotatable bonds is 4. The van der Waals surface area contributed by atoms with Crippen molar-refractivity contribution < 1.29 is 17.9 Å². The summed E-state index contributed by atoms with van der Waals surface area (Å²) in [5.41, 5.74) is 6.59. The molecule has 0 bridgehead atoms. The van der Waals surface area contributed by atoms with Crippen LogP contribution in [0.4, 0.5) is 5.95 Å². The molecule has 0 unspecified atom stereocenters. The molecule has 0 aliphatic heterocycles. The van der Waals surface area contributed by atoms with E-state index in [4.69, 9.17) is 10.5 Å². The van der Waals surface area contributed by atoms with Gasteiger partial charge in [0.1, 0.15) is 0 Å². The predicted molar refractivity (Wildman–Crippen MR) is 78.1 cm³/mol. The summed E-state index contributed by atoms with van der Waals surface area (Å²) < 4.78 is 31.3. The van der Waals surface area contributed by atoms with Crippen LogP contribution in [0.2, 0.25) is 0 Å². The first-order chi connectivity index (χ1) is 9.78. The van der Waals surface area contributed by atoms with Gasteiger partial charge in [-0.15, -0.1) is 0 Å². The van der Waals surface area contributed by atoms with Crippen molar-refractivity contribution in [3.8, 4) is 0 Å². The van der Waals surface area contributed by atoms with Crippen LogP contribution in [0.1, 0.15) is 17.3 Å². The van der Waals surface area contributed by atoms with Crippen LogP contribution in [0.5, 0.6) is 0 Å². The third-order valence-electron chi connectivity index (χ3n) is 2.84. The third-order valence-corrected chi connectivity index (χ3v) is 4.61. The standard InChI is InChI=1S/C12H16N4O4S/c1-4-20-11(17)8-5-6-10-9(7-8)14-12(13)16(10)21(18,19)15(2)3/h5-7H,4H2,1-3H3,(H2,13,14). The smallest absolute Gasteiger partial charge is 0.338 e. The molecule has 0 saturated heterocycles. The lowest BCUT2D eigenvalue weighted by atomic mass is 10.2. The summed E-state index contributed by atoms with van der Waals surface area (Å²) in [5.74, 6) is -0.664. The van der Waals surface area contributed by atoms with E-state index in [1.807, 2.05) is 0 Å². The minimum absolute atomic E-state index is 0.167. The Balaban J connectivity index is 2.62. The van der Waals surface area contributed by atoms with Gasteiger partial charge in [0, 0.05) is 14.1 Å². The number of carbonyl (C=O) groups excluding carboxylic acids is 1. The van der Waals surface area contributed by atoms with E-state index < -0.39 is 16.2 Å². The molecule has 2 N–H and O–H groups in total. The summed E-state index contributed by atoms with van der Waals surface area (Å²) in [6.07, 6.45) is 0. The van der Waals surface area contributed by atoms with Crippen LogP contribution in [0, 0.1) is 0 Å². The molecule has 0 amide bonds. The molecular weight excluding hydrogens is 296 g/mol. The number of benzene rings is 1. The highest BCUT2D eigenvalue weighted by Gasteiger charge is 2.23. The first-order valence-electron chi connectivity index (χ1n) is 6.17. The molecule has 0 aliphatic carbocycles. The fraction of sp³-hybridized carbons (Fsp3) is 0.333. The Kier molecular flexibility index (Phi) is 3.88. The summed E-state index contributed by atoms with van der Waals surface area (Å²) in [7, 11) is -0.995. The molecular formula is C12H16N4O4S. The van der Waals surface area contributed by atoms with E-state index in [2.05, 4.69) is 4.98 Å². The molecule has 0 spiro atoms. The summed E-state index contributed by atoms with van der Waals surface area (Å²) in [6.45, 7) is 1.95. The number of carbonyl (C=O) groups is 1. The number of fused-ring (bicyclic) bond motifs is 1. The number of nitrogens with two attached hydrogens (primary N) is 1. The van der Waals surface area contributed by atoms with E-state index in [1.165, 1.54) is 32.3 Å². The van der Waals surface area contributed by atoms with Crippen molar-refractivity contribution in [3.63, 3.8) is 0 Å². The first-order valence-corrected chi connectivity index (χ1v) is 7.57. The van der Waals surface area contributed by atoms with Gasteiger partial charge in [-0.3, -0.25) is 0 Å². The van der Waals surface area contributed by atoms with Crippen molar-refractivity contribution >= 4 is 33.2 Å². The zero-order valence-corrected chi connectivity index (χ0v) is 12.7. The van der Waals surface area contributed by atoms with Crippen molar-refractivity contribution in [1.29, 1.82) is 0 Å². The van der Waals surface area contributed by atoms with Gasteiger partial charge in [-0.1, -0.05) is 0 Å². The van der Waals surface area contributed by atoms with Crippen molar-refractivity contribution in [2.24, 2.45) is 0 Å². The first kappa shape index (κ1) is 15.3. The Morgan fingerprint density at radius 1 is 1.43 bits per heavy atom. The number of imidazole rings is 1. The average molecular weight is 312 g/mol. The Hall–Kier alpha value is -2.13. The highest BCUT2D eigenvalue weighted by molar-refractivity contribution is 7.87. The van der Waals surface area contributed by atoms with Crippen molar-refractivity contribution in [2.75, 3.05) is 26.4 Å². The lowest BCUT2D eigenvalue weighted by molar-refractivity contribution is 0.0526. The van der Waals surface area contributed by atoms with E-state index in [1.54, 1.807) is 6.92 Å². The van der Waals surface area contributed by atoms with Crippen molar-refractivity contribution in [3.05, 3.63) is 23.8 Å². The van der Waals surface area contributed by atoms with Crippen LogP contribution < -0.4 is 5.73 Å². The molecule has 0 aliphatic rings. The number of hydrogen-bond acceptors (Lipinski definition) is 6. The molecule has 114 valence electrons. The Morgan fingerprint density at radius 2 is 2.10 bits per heavy atom. The van der Waals surface area contributed by atoms with Gasteiger partial charge in [-0.05, 0) is 25.1 Å². The van der Waals surface area contributed by atoms with E-state index in [9.17, 15) is 13.2 Å². The van der Waals surface area contributed by atoms with E-state index in [0.717, 1.165) is 8.28 Å². The molecule has 1 heterocycles. The molecule has 0 atom stereocenters. The second-order valence-corrected chi connectivity index (χ2v) is 6.44. The summed E-state index contributed by atoms with van der Waals surface area (Å²) >= 11 is 0. The molecule has 8 nitrogen and oxygen atoms in total. The Bertz CT molecular complexity index is 795. The van der Waals surface area contributed by atoms with Crippen LogP contribution in [-0.2, 0) is 14.9 Å². The van der Waals surface area contributed by atoms with Crippen LogP contribution in [0.3, 0.4) is 0 Å². The average Bonchev–Trinajstić information content (AvgIpc) is 2.73. The van der Waals surface area contributed by atoms with Gasteiger partial charge in [0.05, 0.1) is 23.2 Å². The number of anilines is 1. The lowest BCUT2D eigenvalue weighted by Gasteiger charge is -2.13. The van der Waals surface area contributed by atoms with Gasteiger partial charge < -0.3 is 10.5 Å². The number of nitrogen functional groups attached to an aromatic ring is 1. The molecule has 2 aromatic rings.